The third-order valence-corrected chi connectivity index (χ3v) is 7.81. The largest absolute Gasteiger partial charge is 0.474 e. The normalized spacial score (nSPS) is 14.6. The van der Waals surface area contributed by atoms with Crippen molar-refractivity contribution < 1.29 is 9.47 Å². The average molecular weight is 601 g/mol. The fraction of sp³-hybridized carbons (Fsp3) is 0.226. The highest BCUT2D eigenvalue weighted by molar-refractivity contribution is 14.1. The number of pyridine rings is 1. The molecule has 37 heavy (non-hydrogen) atoms. The summed E-state index contributed by atoms with van der Waals surface area (Å²) in [5.41, 5.74) is 4.60. The molecule has 6 heteroatoms. The van der Waals surface area contributed by atoms with E-state index in [9.17, 15) is 0 Å². The van der Waals surface area contributed by atoms with Crippen molar-refractivity contribution in [2.75, 3.05) is 13.2 Å². The highest BCUT2D eigenvalue weighted by atomic mass is 127. The van der Waals surface area contributed by atoms with Crippen LogP contribution in [0.3, 0.4) is 0 Å². The first-order chi connectivity index (χ1) is 18.2. The maximum atomic E-state index is 6.52. The van der Waals surface area contributed by atoms with Crippen LogP contribution in [0.4, 0.5) is 0 Å². The Labute approximate surface area is 230 Å². The number of hydrogen-bond acceptors (Lipinski definition) is 4. The third kappa shape index (κ3) is 4.32. The molecule has 0 unspecified atom stereocenters. The fourth-order valence-corrected chi connectivity index (χ4v) is 6.10. The molecule has 186 valence electrons. The second-order valence-corrected chi connectivity index (χ2v) is 10.4. The van der Waals surface area contributed by atoms with Crippen LogP contribution >= 0.6 is 22.6 Å². The SMILES string of the molecule is Cc1cc2c(c(I)nn2C(c2ccccc2)(c2ccccc2)c2ccccc2)c(OC2CCOCC2)n1. The number of nitrogens with zero attached hydrogens (tertiary/aromatic N) is 3. The summed E-state index contributed by atoms with van der Waals surface area (Å²) in [6.07, 6.45) is 1.82. The first-order valence-corrected chi connectivity index (χ1v) is 13.7. The van der Waals surface area contributed by atoms with Crippen molar-refractivity contribution in [3.05, 3.63) is 123 Å². The molecular weight excluding hydrogens is 573 g/mol. The summed E-state index contributed by atoms with van der Waals surface area (Å²) in [6, 6.07) is 34.0. The molecule has 0 amide bonds. The maximum absolute atomic E-state index is 6.52. The highest BCUT2D eigenvalue weighted by Crippen LogP contribution is 2.44. The van der Waals surface area contributed by atoms with Gasteiger partial charge in [0.05, 0.1) is 24.1 Å². The lowest BCUT2D eigenvalue weighted by molar-refractivity contribution is 0.0243. The van der Waals surface area contributed by atoms with E-state index >= 15 is 0 Å². The van der Waals surface area contributed by atoms with Crippen LogP contribution in [0, 0.1) is 10.6 Å². The molecule has 0 saturated carbocycles. The average Bonchev–Trinajstić information content (AvgIpc) is 3.28. The van der Waals surface area contributed by atoms with Crippen molar-refractivity contribution in [3.63, 3.8) is 0 Å². The number of aryl methyl sites for hydroxylation is 1. The Hall–Kier alpha value is -3.23. The van der Waals surface area contributed by atoms with Gasteiger partial charge in [-0.05, 0) is 52.3 Å². The Morgan fingerprint density at radius 2 is 1.35 bits per heavy atom. The van der Waals surface area contributed by atoms with Crippen molar-refractivity contribution >= 4 is 33.5 Å². The van der Waals surface area contributed by atoms with Gasteiger partial charge in [0.25, 0.3) is 0 Å². The molecule has 5 aromatic rings. The summed E-state index contributed by atoms with van der Waals surface area (Å²) in [6.45, 7) is 3.46. The van der Waals surface area contributed by atoms with Crippen molar-refractivity contribution in [1.82, 2.24) is 14.8 Å². The standard InChI is InChI=1S/C31H28IN3O2/c1-22-21-27-28(30(33-22)37-26-17-19-36-20-18-26)29(32)34-35(27)31(23-11-5-2-6-12-23,24-13-7-3-8-14-24)25-15-9-4-10-16-25/h2-16,21,26H,17-20H2,1H3. The number of benzene rings is 3. The number of fused-ring (bicyclic) bond motifs is 1. The van der Waals surface area contributed by atoms with E-state index in [-0.39, 0.29) is 6.10 Å². The molecule has 3 heterocycles. The summed E-state index contributed by atoms with van der Waals surface area (Å²) >= 11 is 2.33. The zero-order valence-electron chi connectivity index (χ0n) is 20.7. The minimum atomic E-state index is -0.699. The third-order valence-electron chi connectivity index (χ3n) is 7.05. The molecule has 0 N–H and O–H groups in total. The highest BCUT2D eigenvalue weighted by Gasteiger charge is 2.41. The number of rotatable bonds is 6. The van der Waals surface area contributed by atoms with Gasteiger partial charge in [0.1, 0.15) is 15.3 Å². The van der Waals surface area contributed by atoms with Gasteiger partial charge < -0.3 is 9.47 Å². The fourth-order valence-electron chi connectivity index (χ4n) is 5.38. The van der Waals surface area contributed by atoms with Crippen LogP contribution in [0.5, 0.6) is 5.88 Å². The molecule has 3 aromatic carbocycles. The van der Waals surface area contributed by atoms with Crippen molar-refractivity contribution in [3.8, 4) is 5.88 Å². The Morgan fingerprint density at radius 1 is 0.838 bits per heavy atom. The quantitative estimate of drug-likeness (QED) is 0.160. The number of ether oxygens (including phenoxy) is 2. The van der Waals surface area contributed by atoms with Crippen molar-refractivity contribution in [2.45, 2.75) is 31.4 Å². The lowest BCUT2D eigenvalue weighted by Crippen LogP contribution is -2.38. The summed E-state index contributed by atoms with van der Waals surface area (Å²) in [5.74, 6) is 0.653. The number of aromatic nitrogens is 3. The van der Waals surface area contributed by atoms with E-state index in [0.29, 0.717) is 5.88 Å². The Balaban J connectivity index is 1.67. The molecule has 1 saturated heterocycles. The van der Waals surface area contributed by atoms with Gasteiger partial charge in [0, 0.05) is 18.5 Å². The smallest absolute Gasteiger partial charge is 0.226 e. The van der Waals surface area contributed by atoms with E-state index in [1.54, 1.807) is 0 Å². The number of hydrogen-bond donors (Lipinski definition) is 0. The van der Waals surface area contributed by atoms with Crippen molar-refractivity contribution in [1.29, 1.82) is 0 Å². The van der Waals surface area contributed by atoms with Crippen LogP contribution in [0.25, 0.3) is 10.9 Å². The van der Waals surface area contributed by atoms with Crippen LogP contribution in [-0.2, 0) is 10.3 Å². The molecule has 1 fully saturated rings. The molecule has 0 radical (unpaired) electrons. The molecule has 0 spiro atoms. The number of halogens is 1. The van der Waals surface area contributed by atoms with Crippen molar-refractivity contribution in [2.24, 2.45) is 0 Å². The lowest BCUT2D eigenvalue weighted by atomic mass is 9.77. The van der Waals surface area contributed by atoms with Gasteiger partial charge in [-0.1, -0.05) is 91.0 Å². The lowest BCUT2D eigenvalue weighted by Gasteiger charge is -2.37. The minimum absolute atomic E-state index is 0.0903. The molecule has 0 aliphatic carbocycles. The second kappa shape index (κ2) is 10.3. The monoisotopic (exact) mass is 601 g/mol. The predicted molar refractivity (Wildman–Crippen MR) is 154 cm³/mol. The summed E-state index contributed by atoms with van der Waals surface area (Å²) in [4.78, 5) is 4.85. The van der Waals surface area contributed by atoms with E-state index in [1.807, 2.05) is 6.92 Å². The maximum Gasteiger partial charge on any atom is 0.226 e. The van der Waals surface area contributed by atoms with Gasteiger partial charge >= 0.3 is 0 Å². The zero-order valence-corrected chi connectivity index (χ0v) is 22.8. The molecule has 0 atom stereocenters. The molecule has 6 rings (SSSR count). The molecule has 1 aliphatic rings. The van der Waals surface area contributed by atoms with E-state index in [4.69, 9.17) is 19.6 Å². The molecule has 0 bridgehead atoms. The van der Waals surface area contributed by atoms with Crippen LogP contribution in [0.15, 0.2) is 97.1 Å². The van der Waals surface area contributed by atoms with Crippen LogP contribution in [0.1, 0.15) is 35.2 Å². The summed E-state index contributed by atoms with van der Waals surface area (Å²) in [5, 5.41) is 6.19. The Bertz CT molecular complexity index is 1400. The predicted octanol–water partition coefficient (Wildman–Crippen LogP) is 6.74. The van der Waals surface area contributed by atoms with Gasteiger partial charge in [-0.3, -0.25) is 0 Å². The van der Waals surface area contributed by atoms with E-state index < -0.39 is 5.54 Å². The van der Waals surface area contributed by atoms with Crippen LogP contribution < -0.4 is 4.74 Å². The Morgan fingerprint density at radius 3 is 1.86 bits per heavy atom. The van der Waals surface area contributed by atoms with E-state index in [2.05, 4.69) is 124 Å². The summed E-state index contributed by atoms with van der Waals surface area (Å²) < 4.78 is 15.1. The van der Waals surface area contributed by atoms with Gasteiger partial charge in [0.15, 0.2) is 0 Å². The summed E-state index contributed by atoms with van der Waals surface area (Å²) in [7, 11) is 0. The minimum Gasteiger partial charge on any atom is -0.474 e. The molecule has 1 aliphatic heterocycles. The van der Waals surface area contributed by atoms with E-state index in [1.165, 1.54) is 0 Å². The van der Waals surface area contributed by atoms with Gasteiger partial charge in [0.2, 0.25) is 5.88 Å². The molecular formula is C31H28IN3O2. The molecule has 5 nitrogen and oxygen atoms in total. The first-order valence-electron chi connectivity index (χ1n) is 12.7. The zero-order chi connectivity index (χ0) is 25.2. The van der Waals surface area contributed by atoms with Gasteiger partial charge in [-0.15, -0.1) is 0 Å². The van der Waals surface area contributed by atoms with Gasteiger partial charge in [-0.25, -0.2) is 9.67 Å². The Kier molecular flexibility index (Phi) is 6.69. The van der Waals surface area contributed by atoms with E-state index in [0.717, 1.165) is 63.0 Å². The van der Waals surface area contributed by atoms with Crippen LogP contribution in [0.2, 0.25) is 0 Å². The van der Waals surface area contributed by atoms with Gasteiger partial charge in [-0.2, -0.15) is 5.10 Å². The molecule has 2 aromatic heterocycles. The topological polar surface area (TPSA) is 49.2 Å². The van der Waals surface area contributed by atoms with Crippen LogP contribution in [-0.4, -0.2) is 34.1 Å². The second-order valence-electron chi connectivity index (χ2n) is 9.40. The first kappa shape index (κ1) is 24.1.